The first-order valence-corrected chi connectivity index (χ1v) is 8.54. The van der Waals surface area contributed by atoms with Crippen LogP contribution in [0.15, 0.2) is 41.5 Å². The summed E-state index contributed by atoms with van der Waals surface area (Å²) in [4.78, 5) is 27.9. The summed E-state index contributed by atoms with van der Waals surface area (Å²) < 4.78 is 17.9. The number of ether oxygens (including phenoxy) is 2. The third-order valence-electron chi connectivity index (χ3n) is 4.18. The zero-order chi connectivity index (χ0) is 19.1. The van der Waals surface area contributed by atoms with Gasteiger partial charge in [0.15, 0.2) is 17.1 Å². The van der Waals surface area contributed by atoms with Gasteiger partial charge >= 0.3 is 11.9 Å². The van der Waals surface area contributed by atoms with E-state index < -0.39 is 11.9 Å². The van der Waals surface area contributed by atoms with E-state index in [0.29, 0.717) is 11.1 Å². The van der Waals surface area contributed by atoms with Crippen molar-refractivity contribution >= 4 is 34.5 Å². The number of imidazole rings is 1. The summed E-state index contributed by atoms with van der Waals surface area (Å²) in [6.45, 7) is 4.04. The molecule has 0 radical (unpaired) electrons. The fraction of sp³-hybridized carbons (Fsp3) is 0.222. The van der Waals surface area contributed by atoms with Crippen LogP contribution in [-0.2, 0) is 9.59 Å². The number of carbonyl (C=O) groups is 2. The van der Waals surface area contributed by atoms with Crippen molar-refractivity contribution in [3.63, 3.8) is 0 Å². The van der Waals surface area contributed by atoms with E-state index in [4.69, 9.17) is 25.6 Å². The molecule has 1 unspecified atom stereocenters. The third-order valence-corrected chi connectivity index (χ3v) is 4.53. The van der Waals surface area contributed by atoms with E-state index in [1.807, 2.05) is 24.6 Å². The van der Waals surface area contributed by atoms with E-state index in [-0.39, 0.29) is 34.1 Å². The predicted octanol–water partition coefficient (Wildman–Crippen LogP) is 3.30. The molecule has 4 rings (SSSR count). The van der Waals surface area contributed by atoms with Gasteiger partial charge in [0.05, 0.1) is 17.8 Å². The lowest BCUT2D eigenvalue weighted by molar-refractivity contribution is -0.131. The molecule has 2 aromatic heterocycles. The van der Waals surface area contributed by atoms with Crippen LogP contribution in [0.5, 0.6) is 11.5 Å². The van der Waals surface area contributed by atoms with Gasteiger partial charge in [-0.2, -0.15) is 0 Å². The van der Waals surface area contributed by atoms with E-state index in [2.05, 4.69) is 10.1 Å². The lowest BCUT2D eigenvalue weighted by atomic mass is 9.97. The molecule has 9 heteroatoms. The number of fused-ring (bicyclic) bond motifs is 4. The topological polar surface area (TPSA) is 96.5 Å². The molecule has 1 atom stereocenters. The second-order valence-corrected chi connectivity index (χ2v) is 6.71. The van der Waals surface area contributed by atoms with Crippen LogP contribution in [0.3, 0.4) is 0 Å². The SMILES string of the molecule is CC(C)C(c1noc2cc3c(Cl)c(c12)OC(=O)/C=C\C(=O)O3)n1ccnc1. The summed E-state index contributed by atoms with van der Waals surface area (Å²) in [5, 5.41) is 4.62. The first-order valence-electron chi connectivity index (χ1n) is 8.16. The largest absolute Gasteiger partial charge is 0.421 e. The molecular weight excluding hydrogens is 374 g/mol. The van der Waals surface area contributed by atoms with Gasteiger partial charge in [-0.15, -0.1) is 0 Å². The summed E-state index contributed by atoms with van der Waals surface area (Å²) >= 11 is 6.37. The molecule has 0 spiro atoms. The van der Waals surface area contributed by atoms with Gasteiger partial charge < -0.3 is 18.6 Å². The zero-order valence-corrected chi connectivity index (χ0v) is 15.1. The van der Waals surface area contributed by atoms with Crippen molar-refractivity contribution in [2.75, 3.05) is 0 Å². The van der Waals surface area contributed by atoms with E-state index in [0.717, 1.165) is 12.2 Å². The number of aromatic nitrogens is 3. The quantitative estimate of drug-likeness (QED) is 0.502. The van der Waals surface area contributed by atoms with Gasteiger partial charge in [-0.3, -0.25) is 0 Å². The molecular formula is C18H14ClN3O5. The summed E-state index contributed by atoms with van der Waals surface area (Å²) in [5.41, 5.74) is 0.816. The van der Waals surface area contributed by atoms with Crippen LogP contribution in [0.25, 0.3) is 11.0 Å². The Morgan fingerprint density at radius 1 is 1.15 bits per heavy atom. The normalized spacial score (nSPS) is 16.4. The van der Waals surface area contributed by atoms with Crippen molar-refractivity contribution in [2.45, 2.75) is 19.9 Å². The molecule has 0 fully saturated rings. The molecule has 1 aliphatic heterocycles. The molecule has 0 saturated carbocycles. The van der Waals surface area contributed by atoms with Gasteiger partial charge in [0.2, 0.25) is 0 Å². The molecule has 138 valence electrons. The Kier molecular flexibility index (Phi) is 4.19. The fourth-order valence-electron chi connectivity index (χ4n) is 3.07. The van der Waals surface area contributed by atoms with Crippen molar-refractivity contribution in [3.05, 3.63) is 47.7 Å². The van der Waals surface area contributed by atoms with Crippen LogP contribution in [0.2, 0.25) is 5.02 Å². The Hall–Kier alpha value is -3.13. The van der Waals surface area contributed by atoms with Gasteiger partial charge in [0.1, 0.15) is 10.7 Å². The lowest BCUT2D eigenvalue weighted by Gasteiger charge is -2.21. The monoisotopic (exact) mass is 387 g/mol. The van der Waals surface area contributed by atoms with Crippen LogP contribution in [0, 0.1) is 5.92 Å². The second-order valence-electron chi connectivity index (χ2n) is 6.33. The highest BCUT2D eigenvalue weighted by Gasteiger charge is 2.30. The summed E-state index contributed by atoms with van der Waals surface area (Å²) in [5.74, 6) is -1.34. The Morgan fingerprint density at radius 3 is 2.56 bits per heavy atom. The minimum atomic E-state index is -0.759. The molecule has 3 aromatic rings. The average molecular weight is 388 g/mol. The molecule has 8 nitrogen and oxygen atoms in total. The highest BCUT2D eigenvalue weighted by Crippen LogP contribution is 2.45. The molecule has 0 aliphatic carbocycles. The lowest BCUT2D eigenvalue weighted by Crippen LogP contribution is -2.16. The summed E-state index contributed by atoms with van der Waals surface area (Å²) in [6.07, 6.45) is 7.09. The third kappa shape index (κ3) is 2.97. The minimum Gasteiger partial charge on any atom is -0.421 e. The van der Waals surface area contributed by atoms with E-state index >= 15 is 0 Å². The van der Waals surface area contributed by atoms with Gasteiger partial charge in [0.25, 0.3) is 0 Å². The molecule has 27 heavy (non-hydrogen) atoms. The van der Waals surface area contributed by atoms with E-state index in [1.54, 1.807) is 12.5 Å². The minimum absolute atomic E-state index is 0.00881. The fourth-order valence-corrected chi connectivity index (χ4v) is 3.29. The molecule has 1 aromatic carbocycles. The number of benzene rings is 1. The Morgan fingerprint density at radius 2 is 1.89 bits per heavy atom. The van der Waals surface area contributed by atoms with Gasteiger partial charge in [-0.1, -0.05) is 30.6 Å². The maximum atomic E-state index is 12.1. The standard InChI is InChI=1S/C18H14ClN3O5/c1-9(2)17(22-6-5-20-8-22)16-14-10(27-21-16)7-11-15(19)18(14)26-13(24)4-3-12(23)25-11/h3-9,17H,1-2H3/b4-3-. The van der Waals surface area contributed by atoms with Crippen LogP contribution in [-0.4, -0.2) is 26.6 Å². The summed E-state index contributed by atoms with van der Waals surface area (Å²) in [7, 11) is 0. The molecule has 0 saturated heterocycles. The first-order chi connectivity index (χ1) is 13.0. The van der Waals surface area contributed by atoms with Crippen LogP contribution >= 0.6 is 11.6 Å². The Balaban J connectivity index is 1.98. The van der Waals surface area contributed by atoms with Crippen molar-refractivity contribution in [2.24, 2.45) is 5.92 Å². The number of nitrogens with zero attached hydrogens (tertiary/aromatic N) is 3. The number of rotatable bonds is 3. The highest BCUT2D eigenvalue weighted by atomic mass is 35.5. The van der Waals surface area contributed by atoms with Gasteiger partial charge in [-0.05, 0) is 5.92 Å². The molecule has 2 bridgehead atoms. The van der Waals surface area contributed by atoms with Crippen molar-refractivity contribution in [3.8, 4) is 11.5 Å². The first kappa shape index (κ1) is 17.3. The molecule has 0 amide bonds. The predicted molar refractivity (Wildman–Crippen MR) is 94.6 cm³/mol. The molecule has 3 heterocycles. The number of carbonyl (C=O) groups excluding carboxylic acids is 2. The Labute approximate surface area is 158 Å². The van der Waals surface area contributed by atoms with Crippen molar-refractivity contribution in [1.29, 1.82) is 0 Å². The van der Waals surface area contributed by atoms with Crippen molar-refractivity contribution in [1.82, 2.24) is 14.7 Å². The zero-order valence-electron chi connectivity index (χ0n) is 14.4. The van der Waals surface area contributed by atoms with Gasteiger partial charge in [0, 0.05) is 30.6 Å². The van der Waals surface area contributed by atoms with E-state index in [1.165, 1.54) is 6.07 Å². The maximum absolute atomic E-state index is 12.1. The number of esters is 2. The molecule has 0 N–H and O–H groups in total. The summed E-state index contributed by atoms with van der Waals surface area (Å²) in [6, 6.07) is 1.21. The maximum Gasteiger partial charge on any atom is 0.336 e. The number of hydrogen-bond acceptors (Lipinski definition) is 7. The smallest absolute Gasteiger partial charge is 0.336 e. The second kappa shape index (κ2) is 6.55. The average Bonchev–Trinajstić information content (AvgIpc) is 3.27. The van der Waals surface area contributed by atoms with Crippen LogP contribution in [0.4, 0.5) is 0 Å². The van der Waals surface area contributed by atoms with Crippen molar-refractivity contribution < 1.29 is 23.6 Å². The van der Waals surface area contributed by atoms with Crippen LogP contribution in [0.1, 0.15) is 25.6 Å². The molecule has 1 aliphatic rings. The number of hydrogen-bond donors (Lipinski definition) is 0. The Bertz CT molecular complexity index is 1070. The van der Waals surface area contributed by atoms with Crippen LogP contribution < -0.4 is 9.47 Å². The van der Waals surface area contributed by atoms with Gasteiger partial charge in [-0.25, -0.2) is 14.6 Å². The highest BCUT2D eigenvalue weighted by molar-refractivity contribution is 6.35. The van der Waals surface area contributed by atoms with E-state index in [9.17, 15) is 9.59 Å². The number of halogens is 1.